The number of carbonyl (C=O) groups excluding carboxylic acids is 1. The van der Waals surface area contributed by atoms with Crippen LogP contribution < -0.4 is 16.8 Å². The van der Waals surface area contributed by atoms with E-state index in [1.54, 1.807) is 18.2 Å². The molecule has 2 aromatic carbocycles. The maximum absolute atomic E-state index is 12.0. The highest BCUT2D eigenvalue weighted by Crippen LogP contribution is 2.29. The lowest BCUT2D eigenvalue weighted by Gasteiger charge is -2.08. The molecule has 0 saturated heterocycles. The van der Waals surface area contributed by atoms with E-state index in [2.05, 4.69) is 10.3 Å². The number of aromatic hydroxyl groups is 1. The van der Waals surface area contributed by atoms with E-state index >= 15 is 0 Å². The molecule has 0 aliphatic heterocycles. The predicted molar refractivity (Wildman–Crippen MR) is 100 cm³/mol. The Bertz CT molecular complexity index is 844. The Hall–Kier alpha value is -3.29. The van der Waals surface area contributed by atoms with Gasteiger partial charge < -0.3 is 27.0 Å². The van der Waals surface area contributed by atoms with Gasteiger partial charge in [0.1, 0.15) is 5.75 Å². The zero-order valence-electron chi connectivity index (χ0n) is 14.2. The van der Waals surface area contributed by atoms with Gasteiger partial charge >= 0.3 is 5.97 Å². The molecule has 2 aromatic rings. The van der Waals surface area contributed by atoms with Gasteiger partial charge in [-0.1, -0.05) is 12.5 Å². The first-order valence-corrected chi connectivity index (χ1v) is 8.22. The number of carbonyl (C=O) groups is 2. The van der Waals surface area contributed by atoms with Crippen molar-refractivity contribution in [2.24, 2.45) is 16.5 Å². The van der Waals surface area contributed by atoms with E-state index in [9.17, 15) is 14.7 Å². The van der Waals surface area contributed by atoms with Crippen LogP contribution in [0.15, 0.2) is 35.3 Å². The Labute approximate surface area is 150 Å². The molecule has 0 aliphatic carbocycles. The first-order valence-electron chi connectivity index (χ1n) is 8.22. The van der Waals surface area contributed by atoms with Crippen molar-refractivity contribution in [3.05, 3.63) is 35.9 Å². The molecule has 0 fully saturated rings. The molecule has 7 N–H and O–H groups in total. The number of aromatic carboxylic acids is 1. The van der Waals surface area contributed by atoms with Crippen LogP contribution in [0.2, 0.25) is 0 Å². The largest absolute Gasteiger partial charge is 0.507 e. The average Bonchev–Trinajstić information content (AvgIpc) is 2.58. The van der Waals surface area contributed by atoms with Crippen molar-refractivity contribution in [3.63, 3.8) is 0 Å². The molecule has 1 amide bonds. The molecule has 0 saturated carbocycles. The minimum Gasteiger partial charge on any atom is -0.507 e. The average molecular weight is 358 g/mol. The molecule has 8 nitrogen and oxygen atoms in total. The van der Waals surface area contributed by atoms with Crippen LogP contribution in [0.3, 0.4) is 0 Å². The maximum Gasteiger partial charge on any atom is 0.335 e. The van der Waals surface area contributed by atoms with Gasteiger partial charge in [-0.15, -0.1) is 0 Å². The highest BCUT2D eigenvalue weighted by atomic mass is 16.4. The minimum absolute atomic E-state index is 0.00696. The van der Waals surface area contributed by atoms with Crippen molar-refractivity contribution in [3.8, 4) is 5.75 Å². The van der Waals surface area contributed by atoms with Crippen LogP contribution in [0.1, 0.15) is 36.0 Å². The van der Waals surface area contributed by atoms with Gasteiger partial charge in [-0.25, -0.2) is 4.79 Å². The SMILES string of the molecule is NC(N)=NCCCCCC(=O)Nc1ccc2cc(C(=O)O)cc(O)c2c1. The molecule has 8 heteroatoms. The zero-order chi connectivity index (χ0) is 19.1. The number of anilines is 1. The molecule has 0 heterocycles. The lowest BCUT2D eigenvalue weighted by Crippen LogP contribution is -2.22. The lowest BCUT2D eigenvalue weighted by atomic mass is 10.0. The highest BCUT2D eigenvalue weighted by molar-refractivity contribution is 6.00. The fraction of sp³-hybridized carbons (Fsp3) is 0.278. The number of carboxylic acid groups (broad SMARTS) is 1. The second kappa shape index (κ2) is 8.70. The number of aliphatic imine (C=N–C) groups is 1. The number of nitrogens with zero attached hydrogens (tertiary/aromatic N) is 1. The van der Waals surface area contributed by atoms with Gasteiger partial charge in [-0.3, -0.25) is 9.79 Å². The fourth-order valence-electron chi connectivity index (χ4n) is 2.55. The van der Waals surface area contributed by atoms with Gasteiger partial charge in [-0.2, -0.15) is 0 Å². The summed E-state index contributed by atoms with van der Waals surface area (Å²) in [6.07, 6.45) is 2.72. The second-order valence-corrected chi connectivity index (χ2v) is 5.90. The zero-order valence-corrected chi connectivity index (χ0v) is 14.2. The normalized spacial score (nSPS) is 10.5. The van der Waals surface area contributed by atoms with E-state index in [1.807, 2.05) is 0 Å². The summed E-state index contributed by atoms with van der Waals surface area (Å²) in [5.41, 5.74) is 11.0. The molecule has 0 unspecified atom stereocenters. The molecular weight excluding hydrogens is 336 g/mol. The van der Waals surface area contributed by atoms with E-state index < -0.39 is 5.97 Å². The van der Waals surface area contributed by atoms with Crippen LogP contribution >= 0.6 is 0 Å². The third-order valence-electron chi connectivity index (χ3n) is 3.82. The number of benzene rings is 2. The molecule has 0 spiro atoms. The molecule has 2 rings (SSSR count). The molecular formula is C18H22N4O4. The van der Waals surface area contributed by atoms with E-state index in [4.69, 9.17) is 16.6 Å². The Morgan fingerprint density at radius 2 is 1.85 bits per heavy atom. The number of guanidine groups is 1. The van der Waals surface area contributed by atoms with Crippen molar-refractivity contribution < 1.29 is 19.8 Å². The molecule has 0 radical (unpaired) electrons. The Balaban J connectivity index is 1.93. The smallest absolute Gasteiger partial charge is 0.335 e. The highest BCUT2D eigenvalue weighted by Gasteiger charge is 2.10. The van der Waals surface area contributed by atoms with Gasteiger partial charge in [-0.05, 0) is 42.5 Å². The molecule has 0 atom stereocenters. The predicted octanol–water partition coefficient (Wildman–Crippen LogP) is 2.02. The topological polar surface area (TPSA) is 151 Å². The number of nitrogens with two attached hydrogens (primary N) is 2. The molecule has 0 aromatic heterocycles. The summed E-state index contributed by atoms with van der Waals surface area (Å²) in [6, 6.07) is 7.61. The summed E-state index contributed by atoms with van der Waals surface area (Å²) in [4.78, 5) is 26.9. The Morgan fingerprint density at radius 3 is 2.54 bits per heavy atom. The number of fused-ring (bicyclic) bond motifs is 1. The molecule has 0 bridgehead atoms. The van der Waals surface area contributed by atoms with E-state index in [1.165, 1.54) is 12.1 Å². The number of phenols is 1. The van der Waals surface area contributed by atoms with Gasteiger partial charge in [0.2, 0.25) is 5.91 Å². The van der Waals surface area contributed by atoms with Crippen molar-refractivity contribution >= 4 is 34.3 Å². The quantitative estimate of drug-likeness (QED) is 0.277. The number of phenolic OH excluding ortho intramolecular Hbond substituents is 1. The summed E-state index contributed by atoms with van der Waals surface area (Å²) < 4.78 is 0. The van der Waals surface area contributed by atoms with Crippen LogP contribution in [0, 0.1) is 0 Å². The third-order valence-corrected chi connectivity index (χ3v) is 3.82. The summed E-state index contributed by atoms with van der Waals surface area (Å²) in [5, 5.41) is 22.9. The van der Waals surface area contributed by atoms with Crippen LogP contribution in [0.4, 0.5) is 5.69 Å². The summed E-state index contributed by atoms with van der Waals surface area (Å²) in [6.45, 7) is 0.548. The van der Waals surface area contributed by atoms with Crippen LogP contribution in [-0.2, 0) is 4.79 Å². The first kappa shape index (κ1) is 19.0. The summed E-state index contributed by atoms with van der Waals surface area (Å²) in [7, 11) is 0. The van der Waals surface area contributed by atoms with Gasteiger partial charge in [0.05, 0.1) is 5.56 Å². The molecule has 0 aliphatic rings. The number of hydrogen-bond donors (Lipinski definition) is 5. The van der Waals surface area contributed by atoms with Crippen molar-refractivity contribution in [2.75, 3.05) is 11.9 Å². The Kier molecular flexibility index (Phi) is 6.37. The van der Waals surface area contributed by atoms with Gasteiger partial charge in [0.15, 0.2) is 5.96 Å². The maximum atomic E-state index is 12.0. The van der Waals surface area contributed by atoms with Crippen LogP contribution in [0.5, 0.6) is 5.75 Å². The number of hydrogen-bond acceptors (Lipinski definition) is 4. The van der Waals surface area contributed by atoms with Crippen LogP contribution in [-0.4, -0.2) is 34.6 Å². The number of rotatable bonds is 8. The minimum atomic E-state index is -1.11. The van der Waals surface area contributed by atoms with E-state index in [0.29, 0.717) is 35.8 Å². The number of nitrogens with one attached hydrogen (secondary N) is 1. The standard InChI is InChI=1S/C18H22N4O4/c19-18(20)21-7-3-1-2-4-16(24)22-13-6-5-11-8-12(17(25)26)9-15(23)14(11)10-13/h5-6,8-10,23H,1-4,7H2,(H,22,24)(H,25,26)(H4,19,20,21). The summed E-state index contributed by atoms with van der Waals surface area (Å²) >= 11 is 0. The van der Waals surface area contributed by atoms with E-state index in [0.717, 1.165) is 12.8 Å². The van der Waals surface area contributed by atoms with Crippen molar-refractivity contribution in [1.29, 1.82) is 0 Å². The summed E-state index contributed by atoms with van der Waals surface area (Å²) in [5.74, 6) is -1.32. The number of unbranched alkanes of at least 4 members (excludes halogenated alkanes) is 2. The molecule has 26 heavy (non-hydrogen) atoms. The second-order valence-electron chi connectivity index (χ2n) is 5.90. The molecule has 138 valence electrons. The Morgan fingerprint density at radius 1 is 1.08 bits per heavy atom. The third kappa shape index (κ3) is 5.37. The van der Waals surface area contributed by atoms with Crippen molar-refractivity contribution in [2.45, 2.75) is 25.7 Å². The monoisotopic (exact) mass is 358 g/mol. The fourth-order valence-corrected chi connectivity index (χ4v) is 2.55. The van der Waals surface area contributed by atoms with Gasteiger partial charge in [0, 0.05) is 24.0 Å². The van der Waals surface area contributed by atoms with Crippen molar-refractivity contribution in [1.82, 2.24) is 0 Å². The van der Waals surface area contributed by atoms with E-state index in [-0.39, 0.29) is 23.2 Å². The first-order chi connectivity index (χ1) is 12.4. The lowest BCUT2D eigenvalue weighted by molar-refractivity contribution is -0.116. The number of amides is 1. The van der Waals surface area contributed by atoms with Crippen LogP contribution in [0.25, 0.3) is 10.8 Å². The van der Waals surface area contributed by atoms with Gasteiger partial charge in [0.25, 0.3) is 0 Å². The number of carboxylic acids is 1.